The smallest absolute Gasteiger partial charge is 0.0207 e. The second kappa shape index (κ2) is 5.86. The molecule has 2 heteroatoms. The number of hydrogen-bond donors (Lipinski definition) is 1. The van der Waals surface area contributed by atoms with Gasteiger partial charge in [0.25, 0.3) is 0 Å². The van der Waals surface area contributed by atoms with Crippen LogP contribution in [0.1, 0.15) is 34.1 Å². The number of rotatable bonds is 5. The predicted molar refractivity (Wildman–Crippen MR) is 67.1 cm³/mol. The Morgan fingerprint density at radius 1 is 1.20 bits per heavy atom. The number of nitrogens with one attached hydrogen (secondary N) is 1. The van der Waals surface area contributed by atoms with Gasteiger partial charge in [-0.1, -0.05) is 27.7 Å². The van der Waals surface area contributed by atoms with Crippen molar-refractivity contribution in [3.63, 3.8) is 0 Å². The van der Waals surface area contributed by atoms with Crippen molar-refractivity contribution < 1.29 is 0 Å². The molecule has 1 aliphatic heterocycles. The van der Waals surface area contributed by atoms with Gasteiger partial charge in [-0.25, -0.2) is 0 Å². The number of hydrogen-bond acceptors (Lipinski definition) is 2. The average molecular weight is 212 g/mol. The molecule has 0 saturated carbocycles. The highest BCUT2D eigenvalue weighted by atomic mass is 15.2. The third kappa shape index (κ3) is 4.12. The first-order valence-corrected chi connectivity index (χ1v) is 6.42. The summed E-state index contributed by atoms with van der Waals surface area (Å²) in [6, 6.07) is 0.731. The van der Waals surface area contributed by atoms with Crippen LogP contribution >= 0.6 is 0 Å². The summed E-state index contributed by atoms with van der Waals surface area (Å²) < 4.78 is 0. The van der Waals surface area contributed by atoms with Gasteiger partial charge in [0.1, 0.15) is 0 Å². The van der Waals surface area contributed by atoms with Gasteiger partial charge < -0.3 is 10.2 Å². The lowest BCUT2D eigenvalue weighted by Gasteiger charge is -2.26. The molecule has 90 valence electrons. The Balaban J connectivity index is 2.27. The topological polar surface area (TPSA) is 15.3 Å². The number of likely N-dealkylation sites (N-methyl/N-ethyl adjacent to an activating group) is 1. The summed E-state index contributed by atoms with van der Waals surface area (Å²) in [6.07, 6.45) is 1.32. The molecule has 1 unspecified atom stereocenters. The molecule has 2 nitrogen and oxygen atoms in total. The minimum atomic E-state index is 0.731. The lowest BCUT2D eigenvalue weighted by molar-refractivity contribution is 0.264. The van der Waals surface area contributed by atoms with Crippen LogP contribution in [0, 0.1) is 17.8 Å². The highest BCUT2D eigenvalue weighted by Crippen LogP contribution is 2.20. The molecular formula is C13H28N2. The Morgan fingerprint density at radius 2 is 1.80 bits per heavy atom. The van der Waals surface area contributed by atoms with Crippen LogP contribution in [0.15, 0.2) is 0 Å². The molecule has 0 spiro atoms. The fraction of sp³-hybridized carbons (Fsp3) is 1.00. The maximum Gasteiger partial charge on any atom is 0.0207 e. The van der Waals surface area contributed by atoms with Crippen LogP contribution < -0.4 is 5.32 Å². The van der Waals surface area contributed by atoms with Crippen LogP contribution in [0.2, 0.25) is 0 Å². The normalized spacial score (nSPS) is 23.6. The van der Waals surface area contributed by atoms with Crippen molar-refractivity contribution in [1.82, 2.24) is 10.2 Å². The lowest BCUT2D eigenvalue weighted by Crippen LogP contribution is -2.38. The monoisotopic (exact) mass is 212 g/mol. The average Bonchev–Trinajstić information content (AvgIpc) is 2.50. The second-order valence-electron chi connectivity index (χ2n) is 5.81. The van der Waals surface area contributed by atoms with Crippen LogP contribution in [-0.4, -0.2) is 37.6 Å². The van der Waals surface area contributed by atoms with Gasteiger partial charge in [-0.2, -0.15) is 0 Å². The molecule has 0 aromatic rings. The van der Waals surface area contributed by atoms with Gasteiger partial charge in [0.2, 0.25) is 0 Å². The van der Waals surface area contributed by atoms with Gasteiger partial charge in [0, 0.05) is 12.6 Å². The third-order valence-electron chi connectivity index (χ3n) is 3.75. The van der Waals surface area contributed by atoms with Crippen LogP contribution in [0.5, 0.6) is 0 Å². The summed E-state index contributed by atoms with van der Waals surface area (Å²) in [6.45, 7) is 13.0. The van der Waals surface area contributed by atoms with Crippen molar-refractivity contribution >= 4 is 0 Å². The van der Waals surface area contributed by atoms with Crippen molar-refractivity contribution in [2.24, 2.45) is 17.8 Å². The standard InChI is InChI=1S/C13H28N2/c1-10(2)13(11(3)4)8-14-12-6-7-15(5)9-12/h10-14H,6-9H2,1-5H3. The molecule has 1 aliphatic rings. The summed E-state index contributed by atoms with van der Waals surface area (Å²) in [4.78, 5) is 2.41. The van der Waals surface area contributed by atoms with Gasteiger partial charge in [0.05, 0.1) is 0 Å². The molecule has 1 rings (SSSR count). The highest BCUT2D eigenvalue weighted by Gasteiger charge is 2.22. The molecule has 0 aromatic heterocycles. The van der Waals surface area contributed by atoms with E-state index in [9.17, 15) is 0 Å². The molecule has 0 bridgehead atoms. The third-order valence-corrected chi connectivity index (χ3v) is 3.75. The Labute approximate surface area is 95.4 Å². The minimum absolute atomic E-state index is 0.731. The summed E-state index contributed by atoms with van der Waals surface area (Å²) in [5.41, 5.74) is 0. The Kier molecular flexibility index (Phi) is 5.07. The van der Waals surface area contributed by atoms with E-state index in [1.807, 2.05) is 0 Å². The first-order valence-electron chi connectivity index (χ1n) is 6.42. The van der Waals surface area contributed by atoms with E-state index in [4.69, 9.17) is 0 Å². The molecule has 0 aromatic carbocycles. The van der Waals surface area contributed by atoms with Gasteiger partial charge in [-0.05, 0) is 44.3 Å². The van der Waals surface area contributed by atoms with Gasteiger partial charge in [-0.3, -0.25) is 0 Å². The fourth-order valence-corrected chi connectivity index (χ4v) is 2.65. The molecule has 15 heavy (non-hydrogen) atoms. The number of nitrogens with zero attached hydrogens (tertiary/aromatic N) is 1. The SMILES string of the molecule is CC(C)C(CNC1CCN(C)C1)C(C)C. The molecule has 1 heterocycles. The first kappa shape index (κ1) is 13.0. The lowest BCUT2D eigenvalue weighted by atomic mass is 9.85. The van der Waals surface area contributed by atoms with Crippen molar-refractivity contribution in [1.29, 1.82) is 0 Å². The van der Waals surface area contributed by atoms with Crippen LogP contribution in [0.3, 0.4) is 0 Å². The van der Waals surface area contributed by atoms with E-state index in [2.05, 4.69) is 45.0 Å². The molecule has 1 saturated heterocycles. The summed E-state index contributed by atoms with van der Waals surface area (Å²) in [5, 5.41) is 3.73. The van der Waals surface area contributed by atoms with E-state index < -0.39 is 0 Å². The Hall–Kier alpha value is -0.0800. The highest BCUT2D eigenvalue weighted by molar-refractivity contribution is 4.80. The van der Waals surface area contributed by atoms with E-state index in [1.165, 1.54) is 26.1 Å². The van der Waals surface area contributed by atoms with Crippen LogP contribution in [0.4, 0.5) is 0 Å². The predicted octanol–water partition coefficient (Wildman–Crippen LogP) is 2.21. The van der Waals surface area contributed by atoms with Gasteiger partial charge in [0.15, 0.2) is 0 Å². The Morgan fingerprint density at radius 3 is 2.20 bits per heavy atom. The van der Waals surface area contributed by atoms with Gasteiger partial charge in [-0.15, -0.1) is 0 Å². The molecule has 1 atom stereocenters. The van der Waals surface area contributed by atoms with E-state index in [-0.39, 0.29) is 0 Å². The zero-order chi connectivity index (χ0) is 11.4. The molecular weight excluding hydrogens is 184 g/mol. The minimum Gasteiger partial charge on any atom is -0.312 e. The van der Waals surface area contributed by atoms with Crippen LogP contribution in [0.25, 0.3) is 0 Å². The van der Waals surface area contributed by atoms with E-state index in [1.54, 1.807) is 0 Å². The van der Waals surface area contributed by atoms with E-state index in [0.29, 0.717) is 0 Å². The van der Waals surface area contributed by atoms with Gasteiger partial charge >= 0.3 is 0 Å². The summed E-state index contributed by atoms with van der Waals surface area (Å²) in [5.74, 6) is 2.39. The maximum atomic E-state index is 3.73. The van der Waals surface area contributed by atoms with Crippen molar-refractivity contribution in [2.45, 2.75) is 40.2 Å². The molecule has 1 fully saturated rings. The van der Waals surface area contributed by atoms with Crippen molar-refractivity contribution in [3.8, 4) is 0 Å². The molecule has 0 radical (unpaired) electrons. The number of likely N-dealkylation sites (tertiary alicyclic amines) is 1. The summed E-state index contributed by atoms with van der Waals surface area (Å²) in [7, 11) is 2.21. The molecule has 1 N–H and O–H groups in total. The maximum absolute atomic E-state index is 3.73. The van der Waals surface area contributed by atoms with E-state index in [0.717, 1.165) is 23.8 Å². The van der Waals surface area contributed by atoms with Crippen molar-refractivity contribution in [3.05, 3.63) is 0 Å². The van der Waals surface area contributed by atoms with E-state index >= 15 is 0 Å². The summed E-state index contributed by atoms with van der Waals surface area (Å²) >= 11 is 0. The molecule has 0 aliphatic carbocycles. The molecule has 0 amide bonds. The van der Waals surface area contributed by atoms with Crippen LogP contribution in [-0.2, 0) is 0 Å². The zero-order valence-corrected chi connectivity index (χ0v) is 11.1. The fourth-order valence-electron chi connectivity index (χ4n) is 2.65. The zero-order valence-electron chi connectivity index (χ0n) is 11.1. The van der Waals surface area contributed by atoms with Crippen molar-refractivity contribution in [2.75, 3.05) is 26.7 Å². The second-order valence-corrected chi connectivity index (χ2v) is 5.81. The largest absolute Gasteiger partial charge is 0.312 e. The quantitative estimate of drug-likeness (QED) is 0.751. The Bertz CT molecular complexity index is 169. The first-order chi connectivity index (χ1) is 7.00.